The summed E-state index contributed by atoms with van der Waals surface area (Å²) in [5.41, 5.74) is 1.14. The van der Waals surface area contributed by atoms with Crippen LogP contribution in [-0.4, -0.2) is 0 Å². The number of hydrogen-bond donors (Lipinski definition) is 0. The Morgan fingerprint density at radius 1 is 0.735 bits per heavy atom. The highest BCUT2D eigenvalue weighted by atomic mass is 19.1. The van der Waals surface area contributed by atoms with Crippen molar-refractivity contribution in [2.75, 3.05) is 0 Å². The summed E-state index contributed by atoms with van der Waals surface area (Å²) in [4.78, 5) is 0. The SMILES string of the molecule is CCCCCC1CCC(CCc2cc(F)c(C#Cc3ccc4cc(F)ccc4c3)c(F)c2)CC1. The second kappa shape index (κ2) is 11.6. The third kappa shape index (κ3) is 6.44. The molecule has 178 valence electrons. The van der Waals surface area contributed by atoms with Crippen LogP contribution in [0.3, 0.4) is 0 Å². The van der Waals surface area contributed by atoms with Gasteiger partial charge in [-0.15, -0.1) is 0 Å². The molecule has 1 aliphatic carbocycles. The molecule has 0 aromatic heterocycles. The van der Waals surface area contributed by atoms with E-state index in [4.69, 9.17) is 0 Å². The summed E-state index contributed by atoms with van der Waals surface area (Å²) in [6.07, 6.45) is 12.1. The number of hydrogen-bond acceptors (Lipinski definition) is 0. The van der Waals surface area contributed by atoms with Gasteiger partial charge in [0.25, 0.3) is 0 Å². The van der Waals surface area contributed by atoms with Crippen molar-refractivity contribution in [3.05, 3.63) is 82.7 Å². The van der Waals surface area contributed by atoms with E-state index in [0.29, 0.717) is 23.5 Å². The molecule has 0 atom stereocenters. The molecule has 4 rings (SSSR count). The number of fused-ring (bicyclic) bond motifs is 1. The van der Waals surface area contributed by atoms with Crippen molar-refractivity contribution in [2.45, 2.75) is 71.1 Å². The Hall–Kier alpha value is -2.73. The van der Waals surface area contributed by atoms with Gasteiger partial charge in [0, 0.05) is 5.56 Å². The van der Waals surface area contributed by atoms with Crippen LogP contribution in [0.5, 0.6) is 0 Å². The molecule has 0 amide bonds. The topological polar surface area (TPSA) is 0 Å². The third-order valence-corrected chi connectivity index (χ3v) is 7.26. The van der Waals surface area contributed by atoms with Crippen LogP contribution in [0.2, 0.25) is 0 Å². The molecule has 0 unspecified atom stereocenters. The Morgan fingerprint density at radius 3 is 2.09 bits per heavy atom. The average molecular weight is 463 g/mol. The monoisotopic (exact) mass is 462 g/mol. The fraction of sp³-hybridized carbons (Fsp3) is 0.419. The van der Waals surface area contributed by atoms with Gasteiger partial charge in [-0.25, -0.2) is 13.2 Å². The molecule has 0 aliphatic heterocycles. The molecule has 0 bridgehead atoms. The largest absolute Gasteiger partial charge is 0.207 e. The molecule has 0 saturated heterocycles. The Morgan fingerprint density at radius 2 is 1.38 bits per heavy atom. The van der Waals surface area contributed by atoms with Crippen LogP contribution in [0.15, 0.2) is 48.5 Å². The number of unbranched alkanes of at least 4 members (excludes halogenated alkanes) is 2. The van der Waals surface area contributed by atoms with Gasteiger partial charge in [-0.2, -0.15) is 0 Å². The van der Waals surface area contributed by atoms with Crippen molar-refractivity contribution in [2.24, 2.45) is 11.8 Å². The summed E-state index contributed by atoms with van der Waals surface area (Å²) in [5, 5.41) is 1.59. The van der Waals surface area contributed by atoms with E-state index in [1.54, 1.807) is 24.3 Å². The van der Waals surface area contributed by atoms with Crippen LogP contribution >= 0.6 is 0 Å². The maximum atomic E-state index is 14.7. The van der Waals surface area contributed by atoms with Crippen molar-refractivity contribution < 1.29 is 13.2 Å². The molecule has 0 N–H and O–H groups in total. The highest BCUT2D eigenvalue weighted by Crippen LogP contribution is 2.34. The van der Waals surface area contributed by atoms with Crippen molar-refractivity contribution in [1.29, 1.82) is 0 Å². The zero-order valence-corrected chi connectivity index (χ0v) is 20.0. The number of aryl methyl sites for hydroxylation is 1. The number of halogens is 3. The molecule has 3 heteroatoms. The maximum absolute atomic E-state index is 14.7. The van der Waals surface area contributed by atoms with Gasteiger partial charge >= 0.3 is 0 Å². The van der Waals surface area contributed by atoms with Crippen molar-refractivity contribution in [1.82, 2.24) is 0 Å². The molecular weight excluding hydrogens is 429 g/mol. The van der Waals surface area contributed by atoms with E-state index in [-0.39, 0.29) is 11.4 Å². The van der Waals surface area contributed by atoms with Crippen LogP contribution < -0.4 is 0 Å². The molecule has 34 heavy (non-hydrogen) atoms. The molecule has 0 radical (unpaired) electrons. The Bertz CT molecular complexity index is 1150. The van der Waals surface area contributed by atoms with Crippen LogP contribution in [0, 0.1) is 41.1 Å². The summed E-state index contributed by atoms with van der Waals surface area (Å²) in [6, 6.07) is 12.7. The molecule has 1 fully saturated rings. The minimum absolute atomic E-state index is 0.199. The van der Waals surface area contributed by atoms with Gasteiger partial charge in [0.2, 0.25) is 0 Å². The summed E-state index contributed by atoms with van der Waals surface area (Å²) < 4.78 is 42.7. The summed E-state index contributed by atoms with van der Waals surface area (Å²) in [6.45, 7) is 2.25. The highest BCUT2D eigenvalue weighted by molar-refractivity contribution is 5.84. The smallest absolute Gasteiger partial charge is 0.142 e. The summed E-state index contributed by atoms with van der Waals surface area (Å²) in [7, 11) is 0. The van der Waals surface area contributed by atoms with Crippen LogP contribution in [0.4, 0.5) is 13.2 Å². The van der Waals surface area contributed by atoms with Gasteiger partial charge in [0.05, 0.1) is 5.56 Å². The zero-order valence-electron chi connectivity index (χ0n) is 20.0. The van der Waals surface area contributed by atoms with E-state index in [1.165, 1.54) is 75.6 Å². The van der Waals surface area contributed by atoms with Crippen LogP contribution in [-0.2, 0) is 6.42 Å². The Labute approximate surface area is 201 Å². The molecule has 3 aromatic rings. The van der Waals surface area contributed by atoms with Crippen molar-refractivity contribution in [3.63, 3.8) is 0 Å². The second-order valence-electron chi connectivity index (χ2n) is 9.81. The van der Waals surface area contributed by atoms with E-state index in [0.717, 1.165) is 23.1 Å². The number of benzene rings is 3. The first-order chi connectivity index (χ1) is 16.5. The minimum atomic E-state index is -0.606. The van der Waals surface area contributed by atoms with Gasteiger partial charge in [-0.3, -0.25) is 0 Å². The molecule has 1 aliphatic rings. The molecule has 0 nitrogen and oxygen atoms in total. The van der Waals surface area contributed by atoms with E-state index in [2.05, 4.69) is 18.8 Å². The van der Waals surface area contributed by atoms with Gasteiger partial charge in [-0.1, -0.05) is 82.3 Å². The fourth-order valence-electron chi connectivity index (χ4n) is 5.18. The highest BCUT2D eigenvalue weighted by Gasteiger charge is 2.21. The first-order valence-corrected chi connectivity index (χ1v) is 12.7. The third-order valence-electron chi connectivity index (χ3n) is 7.26. The van der Waals surface area contributed by atoms with Gasteiger partial charge < -0.3 is 0 Å². The van der Waals surface area contributed by atoms with Gasteiger partial charge in [0.15, 0.2) is 0 Å². The van der Waals surface area contributed by atoms with Gasteiger partial charge in [0.1, 0.15) is 17.5 Å². The van der Waals surface area contributed by atoms with Crippen LogP contribution in [0.25, 0.3) is 10.8 Å². The normalized spacial score (nSPS) is 18.0. The molecule has 0 spiro atoms. The molecule has 1 saturated carbocycles. The summed E-state index contributed by atoms with van der Waals surface area (Å²) >= 11 is 0. The quantitative estimate of drug-likeness (QED) is 0.243. The molecule has 3 aromatic carbocycles. The van der Waals surface area contributed by atoms with Crippen LogP contribution in [0.1, 0.15) is 81.4 Å². The lowest BCUT2D eigenvalue weighted by Gasteiger charge is -2.28. The lowest BCUT2D eigenvalue weighted by Crippen LogP contribution is -2.15. The second-order valence-corrected chi connectivity index (χ2v) is 9.81. The predicted octanol–water partition coefficient (Wildman–Crippen LogP) is 8.98. The summed E-state index contributed by atoms with van der Waals surface area (Å²) in [5.74, 6) is 5.53. The Balaban J connectivity index is 1.35. The first kappa shape index (κ1) is 24.4. The van der Waals surface area contributed by atoms with Crippen molar-refractivity contribution >= 4 is 10.8 Å². The molecule has 0 heterocycles. The fourth-order valence-corrected chi connectivity index (χ4v) is 5.18. The zero-order chi connectivity index (χ0) is 23.9. The van der Waals surface area contributed by atoms with E-state index < -0.39 is 11.6 Å². The molecular formula is C31H33F3. The van der Waals surface area contributed by atoms with E-state index in [9.17, 15) is 13.2 Å². The Kier molecular flexibility index (Phi) is 8.33. The van der Waals surface area contributed by atoms with Gasteiger partial charge in [-0.05, 0) is 77.4 Å². The predicted molar refractivity (Wildman–Crippen MR) is 134 cm³/mol. The van der Waals surface area contributed by atoms with Crippen molar-refractivity contribution in [3.8, 4) is 11.8 Å². The lowest BCUT2D eigenvalue weighted by molar-refractivity contribution is 0.249. The minimum Gasteiger partial charge on any atom is -0.207 e. The average Bonchev–Trinajstić information content (AvgIpc) is 2.83. The maximum Gasteiger partial charge on any atom is 0.142 e. The van der Waals surface area contributed by atoms with E-state index >= 15 is 0 Å². The standard InChI is InChI=1S/C31H33F3/c1-2-3-4-5-22-6-8-23(9-7-22)10-11-25-19-30(33)29(31(34)20-25)17-13-24-12-14-27-21-28(32)16-15-26(27)18-24/h12,14-16,18-23H,2-11H2,1H3. The lowest BCUT2D eigenvalue weighted by atomic mass is 9.78. The number of rotatable bonds is 7. The van der Waals surface area contributed by atoms with E-state index in [1.807, 2.05) is 0 Å². The first-order valence-electron chi connectivity index (χ1n) is 12.7.